The first-order valence-corrected chi connectivity index (χ1v) is 7.11. The molecule has 21 heavy (non-hydrogen) atoms. The van der Waals surface area contributed by atoms with E-state index in [1.807, 2.05) is 6.92 Å². The summed E-state index contributed by atoms with van der Waals surface area (Å²) in [5.74, 6) is 0.787. The Morgan fingerprint density at radius 1 is 1.38 bits per heavy atom. The van der Waals surface area contributed by atoms with Crippen molar-refractivity contribution in [1.29, 1.82) is 0 Å². The molecule has 0 bridgehead atoms. The first-order valence-electron chi connectivity index (χ1n) is 7.11. The molecule has 2 rings (SSSR count). The Hall–Kier alpha value is -1.79. The van der Waals surface area contributed by atoms with Crippen molar-refractivity contribution >= 4 is 11.6 Å². The highest BCUT2D eigenvalue weighted by atomic mass is 16.5. The zero-order chi connectivity index (χ0) is 15.4. The number of aliphatic hydroxyl groups is 2. The van der Waals surface area contributed by atoms with Gasteiger partial charge in [0.05, 0.1) is 25.5 Å². The lowest BCUT2D eigenvalue weighted by atomic mass is 10.1. The van der Waals surface area contributed by atoms with Crippen LogP contribution in [0.2, 0.25) is 0 Å². The van der Waals surface area contributed by atoms with Crippen LogP contribution in [0.3, 0.4) is 0 Å². The SMILES string of the molecule is CCCOc1cc(CO)cc2c1OC(C)C(=O)N2CCO. The van der Waals surface area contributed by atoms with Gasteiger partial charge in [-0.15, -0.1) is 0 Å². The topological polar surface area (TPSA) is 79.2 Å². The number of amides is 1. The number of hydrogen-bond donors (Lipinski definition) is 2. The highest BCUT2D eigenvalue weighted by Crippen LogP contribution is 2.43. The van der Waals surface area contributed by atoms with Crippen molar-refractivity contribution in [2.45, 2.75) is 33.0 Å². The lowest BCUT2D eigenvalue weighted by Gasteiger charge is -2.34. The number of anilines is 1. The van der Waals surface area contributed by atoms with E-state index in [-0.39, 0.29) is 25.7 Å². The molecule has 1 aromatic carbocycles. The minimum Gasteiger partial charge on any atom is -0.490 e. The number of hydrogen-bond acceptors (Lipinski definition) is 5. The van der Waals surface area contributed by atoms with Gasteiger partial charge >= 0.3 is 0 Å². The molecular weight excluding hydrogens is 274 g/mol. The number of ether oxygens (including phenoxy) is 2. The Balaban J connectivity index is 2.49. The van der Waals surface area contributed by atoms with Crippen molar-refractivity contribution in [3.8, 4) is 11.5 Å². The number of β-amino-alcohol motifs (C(OH)–C–C–N with tert-alkyl or cyclic N) is 1. The highest BCUT2D eigenvalue weighted by molar-refractivity contribution is 6.00. The minimum absolute atomic E-state index is 0.146. The summed E-state index contributed by atoms with van der Waals surface area (Å²) in [5, 5.41) is 18.5. The smallest absolute Gasteiger partial charge is 0.267 e. The Morgan fingerprint density at radius 3 is 2.76 bits per heavy atom. The number of rotatable bonds is 6. The summed E-state index contributed by atoms with van der Waals surface area (Å²) in [6.45, 7) is 4.06. The third kappa shape index (κ3) is 3.11. The van der Waals surface area contributed by atoms with Gasteiger partial charge in [0, 0.05) is 6.54 Å². The molecule has 1 aromatic rings. The fourth-order valence-corrected chi connectivity index (χ4v) is 2.27. The van der Waals surface area contributed by atoms with Crippen LogP contribution in [-0.4, -0.2) is 42.0 Å². The summed E-state index contributed by atoms with van der Waals surface area (Å²) < 4.78 is 11.3. The summed E-state index contributed by atoms with van der Waals surface area (Å²) >= 11 is 0. The fraction of sp³-hybridized carbons (Fsp3) is 0.533. The second kappa shape index (κ2) is 6.78. The molecule has 1 heterocycles. The molecule has 0 radical (unpaired) electrons. The van der Waals surface area contributed by atoms with Crippen molar-refractivity contribution in [2.24, 2.45) is 0 Å². The van der Waals surface area contributed by atoms with Gasteiger partial charge in [0.15, 0.2) is 17.6 Å². The van der Waals surface area contributed by atoms with Gasteiger partial charge in [0.1, 0.15) is 0 Å². The number of carbonyl (C=O) groups excluding carboxylic acids is 1. The van der Waals surface area contributed by atoms with Crippen molar-refractivity contribution in [2.75, 3.05) is 24.7 Å². The molecule has 1 amide bonds. The lowest BCUT2D eigenvalue weighted by molar-refractivity contribution is -0.125. The van der Waals surface area contributed by atoms with E-state index in [1.54, 1.807) is 19.1 Å². The molecule has 6 heteroatoms. The monoisotopic (exact) mass is 295 g/mol. The van der Waals surface area contributed by atoms with E-state index in [9.17, 15) is 15.0 Å². The normalized spacial score (nSPS) is 17.4. The van der Waals surface area contributed by atoms with E-state index in [4.69, 9.17) is 9.47 Å². The Morgan fingerprint density at radius 2 is 2.14 bits per heavy atom. The largest absolute Gasteiger partial charge is 0.490 e. The first kappa shape index (κ1) is 15.6. The molecule has 1 unspecified atom stereocenters. The van der Waals surface area contributed by atoms with Gasteiger partial charge < -0.3 is 24.6 Å². The maximum Gasteiger partial charge on any atom is 0.267 e. The highest BCUT2D eigenvalue weighted by Gasteiger charge is 2.33. The number of aliphatic hydroxyl groups excluding tert-OH is 2. The van der Waals surface area contributed by atoms with E-state index in [1.165, 1.54) is 4.90 Å². The molecule has 0 spiro atoms. The van der Waals surface area contributed by atoms with E-state index in [0.717, 1.165) is 6.42 Å². The van der Waals surface area contributed by atoms with Crippen LogP contribution in [0.15, 0.2) is 12.1 Å². The molecule has 0 aliphatic carbocycles. The summed E-state index contributed by atoms with van der Waals surface area (Å²) in [6.07, 6.45) is 0.209. The van der Waals surface area contributed by atoms with Crippen LogP contribution in [0, 0.1) is 0 Å². The second-order valence-electron chi connectivity index (χ2n) is 4.92. The maximum atomic E-state index is 12.2. The van der Waals surface area contributed by atoms with Gasteiger partial charge in [-0.3, -0.25) is 4.79 Å². The van der Waals surface area contributed by atoms with Gasteiger partial charge in [-0.05, 0) is 31.0 Å². The van der Waals surface area contributed by atoms with Crippen LogP contribution in [0.1, 0.15) is 25.8 Å². The zero-order valence-corrected chi connectivity index (χ0v) is 12.3. The van der Waals surface area contributed by atoms with Crippen LogP contribution in [0.4, 0.5) is 5.69 Å². The molecule has 0 aromatic heterocycles. The molecule has 1 aliphatic rings. The summed E-state index contributed by atoms with van der Waals surface area (Å²) in [6, 6.07) is 3.40. The summed E-state index contributed by atoms with van der Waals surface area (Å²) in [5.41, 5.74) is 1.17. The molecule has 0 saturated carbocycles. The molecule has 0 saturated heterocycles. The maximum absolute atomic E-state index is 12.2. The van der Waals surface area contributed by atoms with E-state index in [2.05, 4.69) is 0 Å². The summed E-state index contributed by atoms with van der Waals surface area (Å²) in [7, 11) is 0. The van der Waals surface area contributed by atoms with Crippen LogP contribution >= 0.6 is 0 Å². The summed E-state index contributed by atoms with van der Waals surface area (Å²) in [4.78, 5) is 13.7. The molecule has 1 atom stereocenters. The van der Waals surface area contributed by atoms with Gasteiger partial charge in [0.25, 0.3) is 5.91 Å². The Bertz CT molecular complexity index is 517. The molecule has 6 nitrogen and oxygen atoms in total. The van der Waals surface area contributed by atoms with E-state index >= 15 is 0 Å². The Kier molecular flexibility index (Phi) is 5.03. The zero-order valence-electron chi connectivity index (χ0n) is 12.3. The molecule has 0 fully saturated rings. The number of fused-ring (bicyclic) bond motifs is 1. The van der Waals surface area contributed by atoms with Crippen LogP contribution in [0.5, 0.6) is 11.5 Å². The van der Waals surface area contributed by atoms with Crippen LogP contribution in [0.25, 0.3) is 0 Å². The van der Waals surface area contributed by atoms with E-state index < -0.39 is 6.10 Å². The van der Waals surface area contributed by atoms with Crippen molar-refractivity contribution in [3.63, 3.8) is 0 Å². The van der Waals surface area contributed by atoms with Crippen molar-refractivity contribution in [3.05, 3.63) is 17.7 Å². The first-order chi connectivity index (χ1) is 10.1. The van der Waals surface area contributed by atoms with Crippen LogP contribution < -0.4 is 14.4 Å². The number of benzene rings is 1. The fourth-order valence-electron chi connectivity index (χ4n) is 2.27. The van der Waals surface area contributed by atoms with Gasteiger partial charge in [-0.25, -0.2) is 0 Å². The number of nitrogens with zero attached hydrogens (tertiary/aromatic N) is 1. The molecule has 1 aliphatic heterocycles. The molecular formula is C15H21NO5. The quantitative estimate of drug-likeness (QED) is 0.821. The van der Waals surface area contributed by atoms with Crippen LogP contribution in [-0.2, 0) is 11.4 Å². The number of carbonyl (C=O) groups is 1. The van der Waals surface area contributed by atoms with Gasteiger partial charge in [-0.2, -0.15) is 0 Å². The Labute approximate surface area is 123 Å². The second-order valence-corrected chi connectivity index (χ2v) is 4.92. The third-order valence-electron chi connectivity index (χ3n) is 3.26. The average molecular weight is 295 g/mol. The third-order valence-corrected chi connectivity index (χ3v) is 3.26. The standard InChI is InChI=1S/C15H21NO5/c1-3-6-20-13-8-11(9-18)7-12-14(13)21-10(2)15(19)16(12)4-5-17/h7-8,10,17-18H,3-6,9H2,1-2H3. The van der Waals surface area contributed by atoms with Gasteiger partial charge in [0.2, 0.25) is 0 Å². The molecule has 2 N–H and O–H groups in total. The lowest BCUT2D eigenvalue weighted by Crippen LogP contribution is -2.45. The van der Waals surface area contributed by atoms with Gasteiger partial charge in [-0.1, -0.05) is 6.92 Å². The van der Waals surface area contributed by atoms with Crippen molar-refractivity contribution in [1.82, 2.24) is 0 Å². The van der Waals surface area contributed by atoms with E-state index in [0.29, 0.717) is 29.4 Å². The minimum atomic E-state index is -0.631. The molecule has 116 valence electrons. The predicted molar refractivity (Wildman–Crippen MR) is 77.7 cm³/mol. The van der Waals surface area contributed by atoms with Crippen molar-refractivity contribution < 1.29 is 24.5 Å². The average Bonchev–Trinajstić information content (AvgIpc) is 2.49. The predicted octanol–water partition coefficient (Wildman–Crippen LogP) is 1.07.